The molecule has 4 saturated heterocycles. The van der Waals surface area contributed by atoms with Crippen molar-refractivity contribution < 1.29 is 27.9 Å². The number of anilines is 2. The summed E-state index contributed by atoms with van der Waals surface area (Å²) < 4.78 is 40.3. The SMILES string of the molecule is Cn1c(=O)n(C2CCC(=O)NC2=O)c2cccc(CN3CC4(CCN(C[C@H]5CC[C@H](n6cc(NC(=O)c7cnn8ccc(N9CCOCC9)nc78)c(C(F)F)n6)CC5)CC4)C3)c21. The van der Waals surface area contributed by atoms with Gasteiger partial charge < -0.3 is 19.9 Å². The number of piperidine rings is 2. The number of morpholine rings is 1. The fourth-order valence-electron chi connectivity index (χ4n) is 10.6. The van der Waals surface area contributed by atoms with Crippen molar-refractivity contribution in [2.45, 2.75) is 76.4 Å². The third kappa shape index (κ3) is 7.57. The van der Waals surface area contributed by atoms with Crippen LogP contribution in [0.5, 0.6) is 0 Å². The summed E-state index contributed by atoms with van der Waals surface area (Å²) in [7, 11) is 1.75. The van der Waals surface area contributed by atoms with E-state index in [9.17, 15) is 28.0 Å². The number of amides is 3. The van der Waals surface area contributed by atoms with Gasteiger partial charge in [0.05, 0.1) is 42.2 Å². The van der Waals surface area contributed by atoms with E-state index < -0.39 is 30.0 Å². The number of fused-ring (bicyclic) bond motifs is 2. The average molecular weight is 855 g/mol. The number of rotatable bonds is 10. The van der Waals surface area contributed by atoms with Crippen LogP contribution in [0.25, 0.3) is 16.7 Å². The Kier molecular flexibility index (Phi) is 10.7. The highest BCUT2D eigenvalue weighted by atomic mass is 19.3. The number of benzene rings is 1. The lowest BCUT2D eigenvalue weighted by Crippen LogP contribution is -2.60. The van der Waals surface area contributed by atoms with Crippen LogP contribution in [0.15, 0.2) is 47.7 Å². The number of alkyl halides is 2. The minimum absolute atomic E-state index is 0.000785. The van der Waals surface area contributed by atoms with Gasteiger partial charge in [0.1, 0.15) is 17.4 Å². The lowest BCUT2D eigenvalue weighted by molar-refractivity contribution is -0.135. The van der Waals surface area contributed by atoms with Crippen LogP contribution in [0.4, 0.5) is 20.3 Å². The zero-order valence-electron chi connectivity index (χ0n) is 34.8. The molecule has 10 rings (SSSR count). The van der Waals surface area contributed by atoms with Gasteiger partial charge in [-0.05, 0) is 87.1 Å². The lowest BCUT2D eigenvalue weighted by Gasteiger charge is -2.54. The van der Waals surface area contributed by atoms with Crippen molar-refractivity contribution >= 4 is 45.9 Å². The predicted molar refractivity (Wildman–Crippen MR) is 224 cm³/mol. The number of nitrogens with zero attached hydrogens (tertiary/aromatic N) is 10. The van der Waals surface area contributed by atoms with Crippen molar-refractivity contribution in [3.63, 3.8) is 0 Å². The van der Waals surface area contributed by atoms with Crippen LogP contribution >= 0.6 is 0 Å². The molecule has 17 nitrogen and oxygen atoms in total. The first-order valence-electron chi connectivity index (χ1n) is 21.9. The summed E-state index contributed by atoms with van der Waals surface area (Å²) in [5.41, 5.74) is 2.73. The second-order valence-electron chi connectivity index (χ2n) is 18.0. The van der Waals surface area contributed by atoms with Crippen LogP contribution in [-0.2, 0) is 27.9 Å². The summed E-state index contributed by atoms with van der Waals surface area (Å²) in [5.74, 6) is -0.0879. The minimum atomic E-state index is -2.85. The summed E-state index contributed by atoms with van der Waals surface area (Å²) in [4.78, 5) is 63.1. The van der Waals surface area contributed by atoms with E-state index in [0.717, 1.165) is 94.4 Å². The normalized spacial score (nSPS) is 23.7. The Balaban J connectivity index is 0.713. The van der Waals surface area contributed by atoms with E-state index in [4.69, 9.17) is 4.74 Å². The molecular formula is C43H52F2N12O5. The summed E-state index contributed by atoms with van der Waals surface area (Å²) in [6.45, 7) is 8.37. The van der Waals surface area contributed by atoms with Crippen LogP contribution in [0.1, 0.15) is 91.5 Å². The first-order valence-corrected chi connectivity index (χ1v) is 21.9. The summed E-state index contributed by atoms with van der Waals surface area (Å²) in [6.07, 6.45) is 8.21. The maximum absolute atomic E-state index is 14.3. The van der Waals surface area contributed by atoms with E-state index in [0.29, 0.717) is 50.1 Å². The highest BCUT2D eigenvalue weighted by Gasteiger charge is 2.45. The molecule has 8 heterocycles. The van der Waals surface area contributed by atoms with Gasteiger partial charge in [0, 0.05) is 65.1 Å². The van der Waals surface area contributed by atoms with Gasteiger partial charge in [-0.25, -0.2) is 23.1 Å². The molecule has 1 aromatic carbocycles. The van der Waals surface area contributed by atoms with E-state index >= 15 is 0 Å². The fourth-order valence-corrected chi connectivity index (χ4v) is 10.6. The van der Waals surface area contributed by atoms with Gasteiger partial charge in [-0.3, -0.25) is 38.4 Å². The highest BCUT2D eigenvalue weighted by Crippen LogP contribution is 2.43. The Morgan fingerprint density at radius 3 is 2.52 bits per heavy atom. The molecule has 5 aliphatic rings. The van der Waals surface area contributed by atoms with E-state index in [-0.39, 0.29) is 40.7 Å². The zero-order chi connectivity index (χ0) is 42.7. The van der Waals surface area contributed by atoms with Crippen LogP contribution in [-0.4, -0.2) is 120 Å². The van der Waals surface area contributed by atoms with Gasteiger partial charge in [0.2, 0.25) is 11.8 Å². The van der Waals surface area contributed by atoms with E-state index in [1.807, 2.05) is 18.2 Å². The van der Waals surface area contributed by atoms with Gasteiger partial charge >= 0.3 is 5.69 Å². The second-order valence-corrected chi connectivity index (χ2v) is 18.0. The van der Waals surface area contributed by atoms with Gasteiger partial charge in [0.25, 0.3) is 12.3 Å². The molecule has 4 aromatic heterocycles. The van der Waals surface area contributed by atoms with Crippen molar-refractivity contribution in [3.05, 3.63) is 70.2 Å². The third-order valence-electron chi connectivity index (χ3n) is 14.0. The molecule has 19 heteroatoms. The molecule has 328 valence electrons. The van der Waals surface area contributed by atoms with E-state index in [1.165, 1.54) is 10.7 Å². The third-order valence-corrected chi connectivity index (χ3v) is 14.0. The quantitative estimate of drug-likeness (QED) is 0.196. The molecule has 0 bridgehead atoms. The molecule has 62 heavy (non-hydrogen) atoms. The first-order chi connectivity index (χ1) is 30.0. The molecule has 2 N–H and O–H groups in total. The van der Waals surface area contributed by atoms with Gasteiger partial charge in [0.15, 0.2) is 11.3 Å². The van der Waals surface area contributed by atoms with Crippen molar-refractivity contribution in [3.8, 4) is 0 Å². The molecule has 5 fully saturated rings. The molecular weight excluding hydrogens is 803 g/mol. The van der Waals surface area contributed by atoms with E-state index in [2.05, 4.69) is 46.6 Å². The predicted octanol–water partition coefficient (Wildman–Crippen LogP) is 3.91. The number of carbonyl (C=O) groups is 3. The number of imidazole rings is 1. The van der Waals surface area contributed by atoms with E-state index in [1.54, 1.807) is 33.3 Å². The molecule has 1 aliphatic carbocycles. The smallest absolute Gasteiger partial charge is 0.329 e. The van der Waals surface area contributed by atoms with Crippen LogP contribution in [0, 0.1) is 11.3 Å². The Morgan fingerprint density at radius 1 is 1.00 bits per heavy atom. The molecule has 1 atom stereocenters. The summed E-state index contributed by atoms with van der Waals surface area (Å²) >= 11 is 0. The number of halogens is 2. The van der Waals surface area contributed by atoms with Crippen LogP contribution < -0.4 is 21.2 Å². The van der Waals surface area contributed by atoms with Crippen molar-refractivity contribution in [1.29, 1.82) is 0 Å². The van der Waals surface area contributed by atoms with Gasteiger partial charge in [-0.1, -0.05) is 12.1 Å². The number of nitrogens with one attached hydrogen (secondary N) is 2. The molecule has 1 spiro atoms. The van der Waals surface area contributed by atoms with Crippen LogP contribution in [0.2, 0.25) is 0 Å². The Morgan fingerprint density at radius 2 is 1.77 bits per heavy atom. The molecule has 4 aliphatic heterocycles. The number of hydrogen-bond acceptors (Lipinski definition) is 11. The summed E-state index contributed by atoms with van der Waals surface area (Å²) in [6, 6.07) is 6.98. The van der Waals surface area contributed by atoms with Crippen LogP contribution in [0.3, 0.4) is 0 Å². The standard InChI is InChI=1S/C43H52F2N12O5/c1-51-37-28(3-2-4-32(37)57(42(51)61)33-9-10-35(58)49-41(33)60)23-53-25-43(26-53)12-15-52(16-13-43)22-27-5-7-29(8-6-27)56-24-31(36(50-56)38(44)45)47-40(59)30-21-46-55-14-11-34(48-39(30)55)54-17-19-62-20-18-54/h2-4,11,14,21,24,27,29,33,38H,5-10,12-13,15-20,22-23,25-26H2,1H3,(H,47,59)(H,49,58,60)/t27-,29-,33?. The average Bonchev–Trinajstić information content (AvgIpc) is 3.96. The number of carbonyl (C=O) groups excluding carboxylic acids is 3. The molecule has 3 amide bonds. The van der Waals surface area contributed by atoms with Gasteiger partial charge in [-0.15, -0.1) is 0 Å². The monoisotopic (exact) mass is 854 g/mol. The molecule has 1 unspecified atom stereocenters. The molecule has 1 saturated carbocycles. The number of imide groups is 1. The maximum atomic E-state index is 14.3. The highest BCUT2D eigenvalue weighted by molar-refractivity contribution is 6.08. The molecule has 5 aromatic rings. The largest absolute Gasteiger partial charge is 0.378 e. The zero-order valence-corrected chi connectivity index (χ0v) is 34.8. The number of hydrogen-bond donors (Lipinski definition) is 2. The number of likely N-dealkylation sites (tertiary alicyclic amines) is 2. The Labute approximate surface area is 356 Å². The fraction of sp³-hybridized carbons (Fsp3) is 0.558. The van der Waals surface area contributed by atoms with Crippen molar-refractivity contribution in [2.75, 3.05) is 69.2 Å². The number of aryl methyl sites for hydroxylation is 1. The number of aromatic nitrogens is 7. The Hall–Kier alpha value is -5.53. The number of ether oxygens (including phenoxy) is 1. The molecule has 0 radical (unpaired) electrons. The second kappa shape index (κ2) is 16.3. The van der Waals surface area contributed by atoms with Crippen molar-refractivity contribution in [1.82, 2.24) is 48.6 Å². The lowest BCUT2D eigenvalue weighted by atomic mass is 9.71. The minimum Gasteiger partial charge on any atom is -0.378 e. The van der Waals surface area contributed by atoms with Crippen molar-refractivity contribution in [2.24, 2.45) is 18.4 Å². The number of para-hydroxylation sites is 1. The summed E-state index contributed by atoms with van der Waals surface area (Å²) in [5, 5.41) is 13.6. The topological polar surface area (TPSA) is 169 Å². The van der Waals surface area contributed by atoms with Gasteiger partial charge in [-0.2, -0.15) is 10.2 Å². The Bertz CT molecular complexity index is 2570. The maximum Gasteiger partial charge on any atom is 0.329 e. The first kappa shape index (κ1) is 40.5.